The number of aromatic nitrogens is 6. The Morgan fingerprint density at radius 2 is 1.91 bits per heavy atom. The Labute approximate surface area is 188 Å². The minimum atomic E-state index is -3.46. The predicted molar refractivity (Wildman–Crippen MR) is 117 cm³/mol. The summed E-state index contributed by atoms with van der Waals surface area (Å²) >= 11 is 0. The van der Waals surface area contributed by atoms with Crippen LogP contribution in [0.3, 0.4) is 0 Å². The van der Waals surface area contributed by atoms with Gasteiger partial charge in [0.1, 0.15) is 11.4 Å². The summed E-state index contributed by atoms with van der Waals surface area (Å²) < 4.78 is 39.6. The fourth-order valence-corrected chi connectivity index (χ4v) is 3.76. The average Bonchev–Trinajstić information content (AvgIpc) is 3.23. The second kappa shape index (κ2) is 8.36. The van der Waals surface area contributed by atoms with Gasteiger partial charge in [-0.15, -0.1) is 5.10 Å². The number of hydrogen-bond acceptors (Lipinski definition) is 9. The predicted octanol–water partition coefficient (Wildman–Crippen LogP) is 2.15. The van der Waals surface area contributed by atoms with Gasteiger partial charge in [0.05, 0.1) is 30.1 Å². The van der Waals surface area contributed by atoms with Crippen LogP contribution in [0.15, 0.2) is 47.6 Å². The van der Waals surface area contributed by atoms with Crippen molar-refractivity contribution < 1.29 is 12.8 Å². The molecule has 3 aromatic heterocycles. The van der Waals surface area contributed by atoms with Crippen LogP contribution < -0.4 is 5.73 Å². The lowest BCUT2D eigenvalue weighted by Crippen LogP contribution is -2.07. The van der Waals surface area contributed by atoms with Crippen molar-refractivity contribution in [2.75, 3.05) is 12.0 Å². The maximum absolute atomic E-state index is 14.8. The van der Waals surface area contributed by atoms with Crippen molar-refractivity contribution in [1.82, 2.24) is 29.9 Å². The van der Waals surface area contributed by atoms with E-state index >= 15 is 0 Å². The third-order valence-electron chi connectivity index (χ3n) is 4.84. The summed E-state index contributed by atoms with van der Waals surface area (Å²) in [7, 11) is -3.46. The summed E-state index contributed by atoms with van der Waals surface area (Å²) in [6.45, 7) is 1.85. The van der Waals surface area contributed by atoms with E-state index in [-0.39, 0.29) is 34.6 Å². The van der Waals surface area contributed by atoms with Crippen LogP contribution in [-0.4, -0.2) is 44.6 Å². The first-order chi connectivity index (χ1) is 15.7. The number of anilines is 1. The van der Waals surface area contributed by atoms with Gasteiger partial charge in [-0.3, -0.25) is 0 Å². The van der Waals surface area contributed by atoms with Gasteiger partial charge in [-0.1, -0.05) is 23.4 Å². The molecule has 0 radical (unpaired) electrons. The molecule has 166 valence electrons. The largest absolute Gasteiger partial charge is 0.381 e. The fourth-order valence-electron chi connectivity index (χ4n) is 3.16. The Bertz CT molecular complexity index is 1530. The van der Waals surface area contributed by atoms with Gasteiger partial charge in [-0.25, -0.2) is 32.4 Å². The Morgan fingerprint density at radius 1 is 1.15 bits per heavy atom. The van der Waals surface area contributed by atoms with E-state index in [1.165, 1.54) is 16.9 Å². The van der Waals surface area contributed by atoms with Gasteiger partial charge in [-0.2, -0.15) is 5.26 Å². The van der Waals surface area contributed by atoms with Gasteiger partial charge in [-0.05, 0) is 30.7 Å². The normalized spacial score (nSPS) is 11.3. The SMILES string of the molecule is Cc1c(C#N)cccc1-c1nc(N)c(F)c(-c2cn(Cc3cccc(S(C)(=O)=O)n3)nn2)n1. The van der Waals surface area contributed by atoms with Gasteiger partial charge in [0, 0.05) is 11.8 Å². The standard InChI is InChI=1S/C21H17FN8O2S/c1-12-13(9-23)5-3-7-15(12)21-26-19(18(22)20(24)27-21)16-11-30(29-28-16)10-14-6-4-8-17(25-14)33(2,31)32/h3-8,11H,10H2,1-2H3,(H2,24,26,27). The molecular formula is C21H17FN8O2S. The molecule has 0 spiro atoms. The van der Waals surface area contributed by atoms with E-state index in [1.54, 1.807) is 37.3 Å². The zero-order valence-electron chi connectivity index (χ0n) is 17.6. The maximum Gasteiger partial charge on any atom is 0.193 e. The summed E-state index contributed by atoms with van der Waals surface area (Å²) in [4.78, 5) is 12.4. The van der Waals surface area contributed by atoms with Crippen molar-refractivity contribution in [1.29, 1.82) is 5.26 Å². The van der Waals surface area contributed by atoms with Crippen molar-refractivity contribution in [2.45, 2.75) is 18.5 Å². The maximum atomic E-state index is 14.8. The lowest BCUT2D eigenvalue weighted by Gasteiger charge is -2.09. The third-order valence-corrected chi connectivity index (χ3v) is 5.83. The minimum absolute atomic E-state index is 0.0606. The number of halogens is 1. The van der Waals surface area contributed by atoms with Crippen LogP contribution in [-0.2, 0) is 16.4 Å². The highest BCUT2D eigenvalue weighted by atomic mass is 32.2. The molecule has 0 aliphatic rings. The van der Waals surface area contributed by atoms with Crippen molar-refractivity contribution in [3.63, 3.8) is 0 Å². The molecule has 0 unspecified atom stereocenters. The van der Waals surface area contributed by atoms with E-state index in [1.807, 2.05) is 0 Å². The molecule has 12 heteroatoms. The van der Waals surface area contributed by atoms with E-state index in [0.717, 1.165) is 6.26 Å². The number of nitrogen functional groups attached to an aromatic ring is 1. The molecular weight excluding hydrogens is 447 g/mol. The lowest BCUT2D eigenvalue weighted by atomic mass is 10.0. The number of sulfone groups is 1. The number of benzene rings is 1. The first-order valence-electron chi connectivity index (χ1n) is 9.57. The Hall–Kier alpha value is -4.24. The van der Waals surface area contributed by atoms with E-state index < -0.39 is 15.7 Å². The minimum Gasteiger partial charge on any atom is -0.381 e. The second-order valence-corrected chi connectivity index (χ2v) is 9.19. The van der Waals surface area contributed by atoms with Crippen molar-refractivity contribution in [3.8, 4) is 28.8 Å². The zero-order chi connectivity index (χ0) is 23.8. The highest BCUT2D eigenvalue weighted by Gasteiger charge is 2.20. The molecule has 10 nitrogen and oxygen atoms in total. The molecule has 3 heterocycles. The van der Waals surface area contributed by atoms with E-state index in [4.69, 9.17) is 5.73 Å². The number of rotatable bonds is 5. The molecule has 0 aliphatic carbocycles. The quantitative estimate of drug-likeness (QED) is 0.468. The number of pyridine rings is 1. The summed E-state index contributed by atoms with van der Waals surface area (Å²) in [5.41, 5.74) is 7.80. The Morgan fingerprint density at radius 3 is 2.64 bits per heavy atom. The molecule has 4 aromatic rings. The van der Waals surface area contributed by atoms with Crippen LogP contribution >= 0.6 is 0 Å². The van der Waals surface area contributed by atoms with Crippen LogP contribution in [0.2, 0.25) is 0 Å². The van der Waals surface area contributed by atoms with Crippen LogP contribution in [0, 0.1) is 24.1 Å². The molecule has 0 bridgehead atoms. The highest BCUT2D eigenvalue weighted by Crippen LogP contribution is 2.28. The molecule has 33 heavy (non-hydrogen) atoms. The zero-order valence-corrected chi connectivity index (χ0v) is 18.4. The van der Waals surface area contributed by atoms with E-state index in [2.05, 4.69) is 31.3 Å². The van der Waals surface area contributed by atoms with E-state index in [0.29, 0.717) is 22.4 Å². The smallest absolute Gasteiger partial charge is 0.193 e. The molecule has 0 aliphatic heterocycles. The van der Waals surface area contributed by atoms with Gasteiger partial charge >= 0.3 is 0 Å². The van der Waals surface area contributed by atoms with Crippen LogP contribution in [0.4, 0.5) is 10.2 Å². The van der Waals surface area contributed by atoms with Gasteiger partial charge in [0.25, 0.3) is 0 Å². The molecule has 0 atom stereocenters. The van der Waals surface area contributed by atoms with Gasteiger partial charge in [0.2, 0.25) is 0 Å². The molecule has 0 fully saturated rings. The number of nitrogens with zero attached hydrogens (tertiary/aromatic N) is 7. The number of nitrogens with two attached hydrogens (primary N) is 1. The highest BCUT2D eigenvalue weighted by molar-refractivity contribution is 7.90. The van der Waals surface area contributed by atoms with Crippen LogP contribution in [0.25, 0.3) is 22.8 Å². The number of hydrogen-bond donors (Lipinski definition) is 1. The van der Waals surface area contributed by atoms with Crippen molar-refractivity contribution in [2.24, 2.45) is 0 Å². The topological polar surface area (TPSA) is 153 Å². The Kier molecular flexibility index (Phi) is 5.57. The van der Waals surface area contributed by atoms with Gasteiger partial charge < -0.3 is 5.73 Å². The van der Waals surface area contributed by atoms with Crippen LogP contribution in [0.5, 0.6) is 0 Å². The molecule has 0 saturated heterocycles. The Balaban J connectivity index is 1.71. The molecule has 0 saturated carbocycles. The lowest BCUT2D eigenvalue weighted by molar-refractivity contribution is 0.594. The first-order valence-corrected chi connectivity index (χ1v) is 11.5. The number of nitriles is 1. The monoisotopic (exact) mass is 464 g/mol. The van der Waals surface area contributed by atoms with Crippen molar-refractivity contribution >= 4 is 15.7 Å². The summed E-state index contributed by atoms with van der Waals surface area (Å²) in [6.07, 6.45) is 2.52. The van der Waals surface area contributed by atoms with Crippen molar-refractivity contribution in [3.05, 3.63) is 65.2 Å². The average molecular weight is 464 g/mol. The third kappa shape index (κ3) is 4.39. The van der Waals surface area contributed by atoms with Gasteiger partial charge in [0.15, 0.2) is 32.3 Å². The van der Waals surface area contributed by atoms with E-state index in [9.17, 15) is 18.1 Å². The van der Waals surface area contributed by atoms with Crippen LogP contribution in [0.1, 0.15) is 16.8 Å². The summed E-state index contributed by atoms with van der Waals surface area (Å²) in [5.74, 6) is -1.07. The summed E-state index contributed by atoms with van der Waals surface area (Å²) in [5, 5.41) is 17.2. The molecule has 4 rings (SSSR count). The molecule has 0 amide bonds. The fraction of sp³-hybridized carbons (Fsp3) is 0.143. The first kappa shape index (κ1) is 22.0. The second-order valence-electron chi connectivity index (χ2n) is 7.23. The molecule has 1 aromatic carbocycles. The molecule has 2 N–H and O–H groups in total. The summed E-state index contributed by atoms with van der Waals surface area (Å²) in [6, 6.07) is 11.7.